The number of nitrogens with two attached hydrogens (primary N) is 1. The summed E-state index contributed by atoms with van der Waals surface area (Å²) >= 11 is 0. The molecule has 0 aromatic rings. The van der Waals surface area contributed by atoms with Crippen molar-refractivity contribution < 1.29 is 0 Å². The molecule has 0 bridgehead atoms. The third kappa shape index (κ3) is 10.9. The average Bonchev–Trinajstić information content (AvgIpc) is 2.73. The molecule has 29 heavy (non-hydrogen) atoms. The first-order valence-electron chi connectivity index (χ1n) is 13.0. The lowest BCUT2D eigenvalue weighted by Gasteiger charge is -2.45. The van der Waals surface area contributed by atoms with Gasteiger partial charge in [-0.15, -0.1) is 14.0 Å². The molecule has 0 atom stereocenters. The number of unbranched alkanes of at least 4 members (excludes halogenated alkanes) is 6. The SMILES string of the molecule is CCCCN(CCCC)[P+](N)(N(CCCC)CCCC)N(CCCC)CCCC. The van der Waals surface area contributed by atoms with E-state index in [1.54, 1.807) is 0 Å². The summed E-state index contributed by atoms with van der Waals surface area (Å²) in [6, 6.07) is 0. The summed E-state index contributed by atoms with van der Waals surface area (Å²) in [4.78, 5) is 0. The van der Waals surface area contributed by atoms with Crippen molar-refractivity contribution in [3.63, 3.8) is 0 Å². The van der Waals surface area contributed by atoms with Crippen LogP contribution in [0.15, 0.2) is 0 Å². The average molecular weight is 432 g/mol. The van der Waals surface area contributed by atoms with Crippen LogP contribution >= 0.6 is 7.87 Å². The van der Waals surface area contributed by atoms with Crippen molar-refractivity contribution in [2.75, 3.05) is 39.3 Å². The van der Waals surface area contributed by atoms with E-state index < -0.39 is 7.87 Å². The summed E-state index contributed by atoms with van der Waals surface area (Å²) in [7, 11) is -1.98. The lowest BCUT2D eigenvalue weighted by Crippen LogP contribution is -2.51. The molecule has 5 heteroatoms. The molecule has 0 aliphatic heterocycles. The van der Waals surface area contributed by atoms with E-state index in [2.05, 4.69) is 55.6 Å². The lowest BCUT2D eigenvalue weighted by molar-refractivity contribution is 0.282. The molecule has 0 saturated carbocycles. The molecule has 0 heterocycles. The van der Waals surface area contributed by atoms with Crippen LogP contribution in [0.5, 0.6) is 0 Å². The van der Waals surface area contributed by atoms with Gasteiger partial charge in [0.25, 0.3) is 0 Å². The van der Waals surface area contributed by atoms with Gasteiger partial charge in [0.05, 0.1) is 0 Å². The van der Waals surface area contributed by atoms with Gasteiger partial charge in [-0.25, -0.2) is 0 Å². The van der Waals surface area contributed by atoms with Gasteiger partial charge in [-0.3, -0.25) is 0 Å². The first-order valence-corrected chi connectivity index (χ1v) is 14.7. The third-order valence-corrected chi connectivity index (χ3v) is 9.57. The van der Waals surface area contributed by atoms with Crippen molar-refractivity contribution >= 4 is 7.87 Å². The molecular weight excluding hydrogens is 375 g/mol. The van der Waals surface area contributed by atoms with Crippen LogP contribution in [0.2, 0.25) is 0 Å². The second-order valence-electron chi connectivity index (χ2n) is 8.60. The van der Waals surface area contributed by atoms with Crippen molar-refractivity contribution in [1.29, 1.82) is 0 Å². The van der Waals surface area contributed by atoms with E-state index >= 15 is 0 Å². The summed E-state index contributed by atoms with van der Waals surface area (Å²) in [6.45, 7) is 20.8. The van der Waals surface area contributed by atoms with Gasteiger partial charge in [0, 0.05) is 39.3 Å². The third-order valence-electron chi connectivity index (χ3n) is 5.87. The maximum Gasteiger partial charge on any atom is 0.303 e. The zero-order valence-corrected chi connectivity index (χ0v) is 22.0. The Morgan fingerprint density at radius 3 is 0.724 bits per heavy atom. The normalized spacial score (nSPS) is 12.6. The lowest BCUT2D eigenvalue weighted by atomic mass is 10.3. The molecule has 0 rings (SSSR count). The molecule has 4 nitrogen and oxygen atoms in total. The summed E-state index contributed by atoms with van der Waals surface area (Å²) in [6.07, 6.45) is 15.0. The number of hydrogen-bond acceptors (Lipinski definition) is 4. The smallest absolute Gasteiger partial charge is 0.158 e. The van der Waals surface area contributed by atoms with Crippen LogP contribution in [0.4, 0.5) is 0 Å². The van der Waals surface area contributed by atoms with Gasteiger partial charge < -0.3 is 0 Å². The minimum Gasteiger partial charge on any atom is -0.158 e. The molecule has 0 radical (unpaired) electrons. The van der Waals surface area contributed by atoms with Crippen molar-refractivity contribution in [2.24, 2.45) is 5.50 Å². The molecule has 0 aromatic heterocycles. The number of nitrogens with zero attached hydrogens (tertiary/aromatic N) is 3. The second kappa shape index (κ2) is 19.0. The van der Waals surface area contributed by atoms with Gasteiger partial charge in [-0.1, -0.05) is 80.1 Å². The van der Waals surface area contributed by atoms with E-state index in [0.29, 0.717) is 0 Å². The number of hydrogen-bond donors (Lipinski definition) is 1. The summed E-state index contributed by atoms with van der Waals surface area (Å²) in [5, 5.41) is 0. The molecule has 0 fully saturated rings. The summed E-state index contributed by atoms with van der Waals surface area (Å²) < 4.78 is 8.28. The van der Waals surface area contributed by atoms with Crippen LogP contribution in [0.3, 0.4) is 0 Å². The molecule has 0 amide bonds. The van der Waals surface area contributed by atoms with E-state index in [4.69, 9.17) is 5.50 Å². The highest BCUT2D eigenvalue weighted by molar-refractivity contribution is 7.66. The maximum absolute atomic E-state index is 7.66. The Bertz CT molecular complexity index is 279. The van der Waals surface area contributed by atoms with Gasteiger partial charge in [-0.2, -0.15) is 5.50 Å². The largest absolute Gasteiger partial charge is 0.303 e. The fourth-order valence-corrected chi connectivity index (χ4v) is 7.49. The molecule has 0 saturated heterocycles. The van der Waals surface area contributed by atoms with E-state index in [1.165, 1.54) is 77.0 Å². The molecule has 0 aliphatic carbocycles. The summed E-state index contributed by atoms with van der Waals surface area (Å²) in [5.41, 5.74) is 7.66. The van der Waals surface area contributed by atoms with Crippen LogP contribution in [0.1, 0.15) is 119 Å². The fourth-order valence-electron chi connectivity index (χ4n) is 3.80. The van der Waals surface area contributed by atoms with Gasteiger partial charge in [0.2, 0.25) is 0 Å². The Kier molecular flexibility index (Phi) is 19.2. The van der Waals surface area contributed by atoms with Crippen LogP contribution in [-0.4, -0.2) is 53.3 Å². The van der Waals surface area contributed by atoms with Crippen molar-refractivity contribution in [3.05, 3.63) is 0 Å². The van der Waals surface area contributed by atoms with Gasteiger partial charge in [-0.05, 0) is 38.5 Å². The first-order chi connectivity index (χ1) is 14.1. The van der Waals surface area contributed by atoms with E-state index in [1.807, 2.05) is 0 Å². The highest BCUT2D eigenvalue weighted by Gasteiger charge is 2.52. The Labute approximate surface area is 185 Å². The fraction of sp³-hybridized carbons (Fsp3) is 1.00. The molecule has 0 spiro atoms. The maximum atomic E-state index is 7.66. The molecule has 0 aliphatic rings. The second-order valence-corrected chi connectivity index (χ2v) is 11.5. The summed E-state index contributed by atoms with van der Waals surface area (Å²) in [5.74, 6) is 0. The molecule has 2 N–H and O–H groups in total. The molecule has 176 valence electrons. The van der Waals surface area contributed by atoms with Crippen LogP contribution in [0.25, 0.3) is 0 Å². The quantitative estimate of drug-likeness (QED) is 0.193. The van der Waals surface area contributed by atoms with E-state index in [9.17, 15) is 0 Å². The Hall–Kier alpha value is 0.270. The molecule has 0 unspecified atom stereocenters. The Morgan fingerprint density at radius 1 is 0.414 bits per heavy atom. The predicted molar refractivity (Wildman–Crippen MR) is 135 cm³/mol. The Morgan fingerprint density at radius 2 is 0.586 bits per heavy atom. The van der Waals surface area contributed by atoms with E-state index in [0.717, 1.165) is 39.3 Å². The zero-order chi connectivity index (χ0) is 22.0. The first kappa shape index (κ1) is 29.3. The molecular formula is C24H56N4P+. The van der Waals surface area contributed by atoms with Crippen LogP contribution in [0, 0.1) is 0 Å². The van der Waals surface area contributed by atoms with E-state index in [-0.39, 0.29) is 0 Å². The zero-order valence-electron chi connectivity index (χ0n) is 21.1. The van der Waals surface area contributed by atoms with Crippen LogP contribution < -0.4 is 5.50 Å². The van der Waals surface area contributed by atoms with Crippen molar-refractivity contribution in [1.82, 2.24) is 14.0 Å². The Balaban J connectivity index is 6.01. The molecule has 0 aromatic carbocycles. The monoisotopic (exact) mass is 431 g/mol. The van der Waals surface area contributed by atoms with Crippen LogP contribution in [-0.2, 0) is 0 Å². The highest BCUT2D eigenvalue weighted by Crippen LogP contribution is 2.61. The minimum atomic E-state index is -1.98. The van der Waals surface area contributed by atoms with Crippen molar-refractivity contribution in [3.8, 4) is 0 Å². The van der Waals surface area contributed by atoms with Gasteiger partial charge in [0.15, 0.2) is 0 Å². The predicted octanol–water partition coefficient (Wildman–Crippen LogP) is 7.33. The minimum absolute atomic E-state index is 1.16. The topological polar surface area (TPSA) is 35.7 Å². The van der Waals surface area contributed by atoms with Crippen molar-refractivity contribution in [2.45, 2.75) is 119 Å². The highest BCUT2D eigenvalue weighted by atomic mass is 31.2. The number of rotatable bonds is 21. The van der Waals surface area contributed by atoms with Gasteiger partial charge >= 0.3 is 7.87 Å². The standard InChI is InChI=1S/C24H56N4P/c1-7-13-19-26(20-14-8-2)29(25,27(21-15-9-3)22-16-10-4)28(23-17-11-5)24-18-12-6/h7-25H2,1-6H3/q+1. The van der Waals surface area contributed by atoms with Gasteiger partial charge in [0.1, 0.15) is 0 Å².